The van der Waals surface area contributed by atoms with Crippen LogP contribution in [-0.2, 0) is 9.53 Å². The third-order valence-electron chi connectivity index (χ3n) is 6.89. The predicted molar refractivity (Wildman–Crippen MR) is 129 cm³/mol. The van der Waals surface area contributed by atoms with Crippen molar-refractivity contribution < 1.29 is 14.6 Å². The SMILES string of the molecule is Cc1nc2ccccc2c(-c2ccc3c4c(ccnc24)[C@@H]2C[C@H]32)c1[C@H](OC(C)(C)C)C(=O)O. The van der Waals surface area contributed by atoms with E-state index in [4.69, 9.17) is 14.7 Å². The summed E-state index contributed by atoms with van der Waals surface area (Å²) >= 11 is 0. The highest BCUT2D eigenvalue weighted by Gasteiger charge is 2.47. The maximum absolute atomic E-state index is 12.5. The van der Waals surface area contributed by atoms with Gasteiger partial charge in [-0.2, -0.15) is 0 Å². The number of carboxylic acids is 1. The highest BCUT2D eigenvalue weighted by molar-refractivity contribution is 6.08. The summed E-state index contributed by atoms with van der Waals surface area (Å²) in [5.41, 5.74) is 6.93. The number of carboxylic acid groups (broad SMARTS) is 1. The molecule has 1 saturated carbocycles. The van der Waals surface area contributed by atoms with E-state index in [0.717, 1.165) is 27.5 Å². The second-order valence-electron chi connectivity index (χ2n) is 10.2. The summed E-state index contributed by atoms with van der Waals surface area (Å²) in [6.45, 7) is 7.49. The molecule has 0 spiro atoms. The molecule has 1 fully saturated rings. The van der Waals surface area contributed by atoms with Crippen LogP contribution in [0.2, 0.25) is 0 Å². The molecule has 6 rings (SSSR count). The molecule has 2 aliphatic carbocycles. The number of aryl methyl sites for hydroxylation is 1. The Kier molecular flexibility index (Phi) is 4.21. The monoisotopic (exact) mass is 438 g/mol. The molecule has 5 nitrogen and oxygen atoms in total. The van der Waals surface area contributed by atoms with Gasteiger partial charge in [-0.3, -0.25) is 9.97 Å². The number of hydrogen-bond acceptors (Lipinski definition) is 4. The quantitative estimate of drug-likeness (QED) is 0.406. The van der Waals surface area contributed by atoms with Crippen LogP contribution >= 0.6 is 0 Å². The maximum Gasteiger partial charge on any atom is 0.337 e. The first-order valence-corrected chi connectivity index (χ1v) is 11.5. The molecule has 0 amide bonds. The first-order chi connectivity index (χ1) is 15.7. The molecule has 0 aliphatic heterocycles. The van der Waals surface area contributed by atoms with Gasteiger partial charge >= 0.3 is 5.97 Å². The van der Waals surface area contributed by atoms with Crippen LogP contribution in [0.4, 0.5) is 0 Å². The zero-order valence-corrected chi connectivity index (χ0v) is 19.2. The van der Waals surface area contributed by atoms with Crippen molar-refractivity contribution in [3.05, 3.63) is 71.0 Å². The van der Waals surface area contributed by atoms with Crippen molar-refractivity contribution in [2.45, 2.75) is 57.7 Å². The molecule has 0 saturated heterocycles. The lowest BCUT2D eigenvalue weighted by Gasteiger charge is -2.28. The van der Waals surface area contributed by atoms with Gasteiger partial charge in [0, 0.05) is 39.4 Å². The van der Waals surface area contributed by atoms with Crippen molar-refractivity contribution in [3.63, 3.8) is 0 Å². The molecular weight excluding hydrogens is 412 g/mol. The van der Waals surface area contributed by atoms with E-state index in [0.29, 0.717) is 23.1 Å². The number of hydrogen-bond donors (Lipinski definition) is 1. The Hall–Kier alpha value is -3.31. The molecule has 166 valence electrons. The molecule has 2 heterocycles. The molecule has 2 aromatic carbocycles. The lowest BCUT2D eigenvalue weighted by Crippen LogP contribution is -2.28. The van der Waals surface area contributed by atoms with Gasteiger partial charge in [0.25, 0.3) is 0 Å². The van der Waals surface area contributed by atoms with Gasteiger partial charge in [-0.05, 0) is 69.2 Å². The lowest BCUT2D eigenvalue weighted by atomic mass is 9.88. The molecule has 0 bridgehead atoms. The predicted octanol–water partition coefficient (Wildman–Crippen LogP) is 6.28. The molecule has 33 heavy (non-hydrogen) atoms. The summed E-state index contributed by atoms with van der Waals surface area (Å²) < 4.78 is 6.11. The van der Waals surface area contributed by atoms with Crippen LogP contribution in [0.25, 0.3) is 32.9 Å². The summed E-state index contributed by atoms with van der Waals surface area (Å²) in [5, 5.41) is 12.4. The molecular formula is C28H26N2O3. The van der Waals surface area contributed by atoms with Crippen LogP contribution in [0.3, 0.4) is 0 Å². The Morgan fingerprint density at radius 1 is 1.09 bits per heavy atom. The summed E-state index contributed by atoms with van der Waals surface area (Å²) in [7, 11) is 0. The standard InChI is InChI=1S/C28H26N2O3/c1-14-22(26(27(31)32)33-28(2,3)4)23(17-7-5-6-8-21(17)30-14)18-10-9-15-19-13-20(19)16-11-12-29-25(18)24(15)16/h5-12,19-20,26H,13H2,1-4H3,(H,31,32)/t19-,20+,26+/m1/s1. The largest absolute Gasteiger partial charge is 0.479 e. The summed E-state index contributed by atoms with van der Waals surface area (Å²) in [6, 6.07) is 14.4. The minimum atomic E-state index is -1.14. The van der Waals surface area contributed by atoms with Crippen molar-refractivity contribution in [1.82, 2.24) is 9.97 Å². The van der Waals surface area contributed by atoms with Gasteiger partial charge in [0.15, 0.2) is 6.10 Å². The molecule has 0 radical (unpaired) electrons. The van der Waals surface area contributed by atoms with Gasteiger partial charge < -0.3 is 9.84 Å². The van der Waals surface area contributed by atoms with Crippen molar-refractivity contribution in [1.29, 1.82) is 0 Å². The fourth-order valence-corrected chi connectivity index (χ4v) is 5.57. The first-order valence-electron chi connectivity index (χ1n) is 11.5. The van der Waals surface area contributed by atoms with E-state index >= 15 is 0 Å². The van der Waals surface area contributed by atoms with E-state index in [-0.39, 0.29) is 0 Å². The number of benzene rings is 2. The fourth-order valence-electron chi connectivity index (χ4n) is 5.57. The number of ether oxygens (including phenoxy) is 1. The third-order valence-corrected chi connectivity index (χ3v) is 6.89. The number of carbonyl (C=O) groups is 1. The fraction of sp³-hybridized carbons (Fsp3) is 0.321. The van der Waals surface area contributed by atoms with E-state index in [1.807, 2.05) is 58.2 Å². The first kappa shape index (κ1) is 20.3. The van der Waals surface area contributed by atoms with Crippen LogP contribution in [0, 0.1) is 6.92 Å². The number of aliphatic carboxylic acids is 1. The Labute approximate surface area is 192 Å². The van der Waals surface area contributed by atoms with Gasteiger partial charge in [-0.1, -0.05) is 30.3 Å². The van der Waals surface area contributed by atoms with Crippen molar-refractivity contribution in [3.8, 4) is 11.1 Å². The summed E-state index contributed by atoms with van der Waals surface area (Å²) in [4.78, 5) is 22.1. The molecule has 1 N–H and O–H groups in total. The molecule has 2 aromatic heterocycles. The average molecular weight is 439 g/mol. The van der Waals surface area contributed by atoms with E-state index in [1.54, 1.807) is 0 Å². The molecule has 5 heteroatoms. The molecule has 0 unspecified atom stereocenters. The van der Waals surface area contributed by atoms with Gasteiger partial charge in [-0.25, -0.2) is 4.79 Å². The highest BCUT2D eigenvalue weighted by atomic mass is 16.5. The second kappa shape index (κ2) is 6.84. The Balaban J connectivity index is 1.71. The van der Waals surface area contributed by atoms with Crippen LogP contribution in [0.1, 0.15) is 67.5 Å². The Morgan fingerprint density at radius 2 is 1.82 bits per heavy atom. The van der Waals surface area contributed by atoms with Crippen LogP contribution in [0.5, 0.6) is 0 Å². The minimum absolute atomic E-state index is 0.599. The van der Waals surface area contributed by atoms with Gasteiger partial charge in [0.2, 0.25) is 0 Å². The smallest absolute Gasteiger partial charge is 0.337 e. The van der Waals surface area contributed by atoms with E-state index in [1.165, 1.54) is 22.9 Å². The molecule has 4 aromatic rings. The molecule has 3 atom stereocenters. The van der Waals surface area contributed by atoms with Gasteiger partial charge in [0.1, 0.15) is 0 Å². The molecule has 2 aliphatic rings. The van der Waals surface area contributed by atoms with E-state index < -0.39 is 17.7 Å². The highest BCUT2D eigenvalue weighted by Crippen LogP contribution is 2.63. The summed E-state index contributed by atoms with van der Waals surface area (Å²) in [6.07, 6.45) is 1.96. The maximum atomic E-state index is 12.5. The van der Waals surface area contributed by atoms with E-state index in [9.17, 15) is 9.90 Å². The Bertz CT molecular complexity index is 1450. The zero-order valence-electron chi connectivity index (χ0n) is 19.2. The topological polar surface area (TPSA) is 72.3 Å². The van der Waals surface area contributed by atoms with Gasteiger partial charge in [0.05, 0.1) is 16.6 Å². The van der Waals surface area contributed by atoms with Crippen LogP contribution in [-0.4, -0.2) is 26.6 Å². The number of aromatic nitrogens is 2. The lowest BCUT2D eigenvalue weighted by molar-refractivity contribution is -0.160. The van der Waals surface area contributed by atoms with Crippen molar-refractivity contribution in [2.75, 3.05) is 0 Å². The van der Waals surface area contributed by atoms with E-state index in [2.05, 4.69) is 18.2 Å². The summed E-state index contributed by atoms with van der Waals surface area (Å²) in [5.74, 6) is 0.186. The number of para-hydroxylation sites is 1. The number of nitrogens with zero attached hydrogens (tertiary/aromatic N) is 2. The third kappa shape index (κ3) is 3.06. The number of rotatable bonds is 4. The number of fused-ring (bicyclic) bond motifs is 4. The van der Waals surface area contributed by atoms with Crippen LogP contribution < -0.4 is 0 Å². The Morgan fingerprint density at radius 3 is 2.55 bits per heavy atom. The van der Waals surface area contributed by atoms with Crippen molar-refractivity contribution >= 4 is 27.8 Å². The van der Waals surface area contributed by atoms with Crippen LogP contribution in [0.15, 0.2) is 48.7 Å². The average Bonchev–Trinajstić information content (AvgIpc) is 3.49. The van der Waals surface area contributed by atoms with Gasteiger partial charge in [-0.15, -0.1) is 0 Å². The normalized spacial score (nSPS) is 19.6. The number of pyridine rings is 2. The minimum Gasteiger partial charge on any atom is -0.479 e. The zero-order chi connectivity index (χ0) is 23.1. The second-order valence-corrected chi connectivity index (χ2v) is 10.2. The van der Waals surface area contributed by atoms with Crippen molar-refractivity contribution in [2.24, 2.45) is 0 Å².